The lowest BCUT2D eigenvalue weighted by atomic mass is 9.95. The molecule has 0 spiro atoms. The van der Waals surface area contributed by atoms with E-state index in [0.717, 1.165) is 39.3 Å². The Kier molecular flexibility index (Phi) is 4.62. The van der Waals surface area contributed by atoms with Gasteiger partial charge in [0.25, 0.3) is 5.91 Å². The highest BCUT2D eigenvalue weighted by atomic mass is 35.5. The van der Waals surface area contributed by atoms with Crippen LogP contribution in [0.1, 0.15) is 38.8 Å². The summed E-state index contributed by atoms with van der Waals surface area (Å²) in [6.07, 6.45) is 0. The molecule has 1 aromatic heterocycles. The zero-order chi connectivity index (χ0) is 22.5. The summed E-state index contributed by atoms with van der Waals surface area (Å²) in [5.41, 5.74) is 6.23. The number of amides is 1. The van der Waals surface area contributed by atoms with Crippen molar-refractivity contribution in [3.05, 3.63) is 99.7 Å². The van der Waals surface area contributed by atoms with Crippen LogP contribution in [0.4, 0.5) is 0 Å². The van der Waals surface area contributed by atoms with E-state index in [-0.39, 0.29) is 18.7 Å². The first-order chi connectivity index (χ1) is 16.1. The molecule has 164 valence electrons. The van der Waals surface area contributed by atoms with Crippen LogP contribution < -0.4 is 9.47 Å². The molecule has 0 fully saturated rings. The van der Waals surface area contributed by atoms with E-state index in [4.69, 9.17) is 21.1 Å². The van der Waals surface area contributed by atoms with Crippen LogP contribution >= 0.6 is 11.6 Å². The first kappa shape index (κ1) is 19.9. The Morgan fingerprint density at radius 2 is 1.79 bits per heavy atom. The van der Waals surface area contributed by atoms with E-state index in [0.29, 0.717) is 23.0 Å². The van der Waals surface area contributed by atoms with E-state index < -0.39 is 0 Å². The lowest BCUT2D eigenvalue weighted by molar-refractivity contribution is 0.0730. The van der Waals surface area contributed by atoms with Gasteiger partial charge in [-0.2, -0.15) is 5.10 Å². The molecule has 0 bridgehead atoms. The van der Waals surface area contributed by atoms with Crippen molar-refractivity contribution < 1.29 is 14.3 Å². The van der Waals surface area contributed by atoms with Crippen LogP contribution in [-0.2, 0) is 6.54 Å². The minimum atomic E-state index is -0.275. The van der Waals surface area contributed by atoms with Crippen molar-refractivity contribution in [3.63, 3.8) is 0 Å². The van der Waals surface area contributed by atoms with E-state index in [1.165, 1.54) is 0 Å². The highest BCUT2D eigenvalue weighted by molar-refractivity contribution is 6.30. The van der Waals surface area contributed by atoms with Gasteiger partial charge in [-0.15, -0.1) is 0 Å². The number of carbonyl (C=O) groups excluding carboxylic acids is 1. The standard InChI is InChI=1S/C26H20ClN3O3/c1-15-2-5-18(6-3-15)25-22-23(17-7-9-19(27)10-8-17)28-29-24(22)26(31)30(25)13-16-4-11-20-21(12-16)33-14-32-20/h2-12,25H,13-14H2,1H3,(H,28,29). The number of aryl methyl sites for hydroxylation is 1. The van der Waals surface area contributed by atoms with Crippen LogP contribution in [0.2, 0.25) is 5.02 Å². The lowest BCUT2D eigenvalue weighted by Gasteiger charge is -2.26. The Morgan fingerprint density at radius 1 is 1.03 bits per heavy atom. The zero-order valence-corrected chi connectivity index (χ0v) is 18.6. The van der Waals surface area contributed by atoms with E-state index in [1.807, 2.05) is 47.4 Å². The number of nitrogens with one attached hydrogen (secondary N) is 1. The average molecular weight is 458 g/mol. The molecule has 6 rings (SSSR count). The average Bonchev–Trinajstić information content (AvgIpc) is 3.52. The molecule has 1 amide bonds. The fourth-order valence-electron chi connectivity index (χ4n) is 4.52. The lowest BCUT2D eigenvalue weighted by Crippen LogP contribution is -2.29. The molecular weight excluding hydrogens is 438 g/mol. The summed E-state index contributed by atoms with van der Waals surface area (Å²) >= 11 is 6.10. The minimum absolute atomic E-state index is 0.0824. The van der Waals surface area contributed by atoms with Crippen molar-refractivity contribution in [2.24, 2.45) is 0 Å². The van der Waals surface area contributed by atoms with Gasteiger partial charge in [0.15, 0.2) is 11.5 Å². The molecule has 3 aromatic carbocycles. The number of ether oxygens (including phenoxy) is 2. The normalized spacial score (nSPS) is 16.4. The van der Waals surface area contributed by atoms with Crippen LogP contribution in [0.15, 0.2) is 66.7 Å². The summed E-state index contributed by atoms with van der Waals surface area (Å²) in [6, 6.07) is 21.3. The maximum Gasteiger partial charge on any atom is 0.273 e. The number of nitrogens with zero attached hydrogens (tertiary/aromatic N) is 2. The van der Waals surface area contributed by atoms with Gasteiger partial charge in [0.1, 0.15) is 5.69 Å². The number of hydrogen-bond donors (Lipinski definition) is 1. The molecule has 4 aromatic rings. The van der Waals surface area contributed by atoms with Gasteiger partial charge in [0, 0.05) is 22.7 Å². The third-order valence-corrected chi connectivity index (χ3v) is 6.42. The monoisotopic (exact) mass is 457 g/mol. The predicted octanol–water partition coefficient (Wildman–Crippen LogP) is 5.51. The number of fused-ring (bicyclic) bond motifs is 2. The first-order valence-electron chi connectivity index (χ1n) is 10.7. The zero-order valence-electron chi connectivity index (χ0n) is 17.8. The van der Waals surface area contributed by atoms with Crippen molar-refractivity contribution in [2.45, 2.75) is 19.5 Å². The summed E-state index contributed by atoms with van der Waals surface area (Å²) in [5.74, 6) is 1.34. The SMILES string of the molecule is Cc1ccc(C2c3c(-c4ccc(Cl)cc4)n[nH]c3C(=O)N2Cc2ccc3c(c2)OCO3)cc1. The van der Waals surface area contributed by atoms with Gasteiger partial charge in [-0.25, -0.2) is 0 Å². The Balaban J connectivity index is 1.45. The number of aromatic nitrogens is 2. The fourth-order valence-corrected chi connectivity index (χ4v) is 4.64. The van der Waals surface area contributed by atoms with Gasteiger partial charge >= 0.3 is 0 Å². The molecule has 0 saturated heterocycles. The topological polar surface area (TPSA) is 67.5 Å². The van der Waals surface area contributed by atoms with Gasteiger partial charge in [0.2, 0.25) is 6.79 Å². The number of hydrogen-bond acceptors (Lipinski definition) is 4. The van der Waals surface area contributed by atoms with Crippen molar-refractivity contribution >= 4 is 17.5 Å². The molecule has 7 heteroatoms. The van der Waals surface area contributed by atoms with Crippen LogP contribution in [0, 0.1) is 6.92 Å². The van der Waals surface area contributed by atoms with Gasteiger partial charge < -0.3 is 14.4 Å². The fraction of sp³-hybridized carbons (Fsp3) is 0.154. The van der Waals surface area contributed by atoms with Crippen LogP contribution in [0.3, 0.4) is 0 Å². The van der Waals surface area contributed by atoms with Gasteiger partial charge in [-0.3, -0.25) is 9.89 Å². The van der Waals surface area contributed by atoms with Crippen LogP contribution in [-0.4, -0.2) is 27.8 Å². The molecule has 2 aliphatic rings. The Morgan fingerprint density at radius 3 is 2.58 bits per heavy atom. The van der Waals surface area contributed by atoms with Crippen LogP contribution in [0.5, 0.6) is 11.5 Å². The smallest absolute Gasteiger partial charge is 0.273 e. The maximum absolute atomic E-state index is 13.6. The first-order valence-corrected chi connectivity index (χ1v) is 11.1. The summed E-state index contributed by atoms with van der Waals surface area (Å²) in [7, 11) is 0. The molecule has 1 atom stereocenters. The van der Waals surface area contributed by atoms with Gasteiger partial charge in [-0.1, -0.05) is 59.6 Å². The van der Waals surface area contributed by atoms with Crippen molar-refractivity contribution in [1.82, 2.24) is 15.1 Å². The molecule has 0 radical (unpaired) electrons. The molecule has 6 nitrogen and oxygen atoms in total. The van der Waals surface area contributed by atoms with Gasteiger partial charge in [0.05, 0.1) is 11.7 Å². The third kappa shape index (κ3) is 3.34. The molecule has 0 saturated carbocycles. The number of H-pyrrole nitrogens is 1. The quantitative estimate of drug-likeness (QED) is 0.438. The summed E-state index contributed by atoms with van der Waals surface area (Å²) in [4.78, 5) is 15.4. The Hall–Kier alpha value is -3.77. The second-order valence-corrected chi connectivity index (χ2v) is 8.74. The highest BCUT2D eigenvalue weighted by Gasteiger charge is 2.42. The van der Waals surface area contributed by atoms with E-state index in [9.17, 15) is 4.79 Å². The molecule has 3 heterocycles. The van der Waals surface area contributed by atoms with E-state index in [2.05, 4.69) is 41.4 Å². The number of aromatic amines is 1. The molecule has 33 heavy (non-hydrogen) atoms. The molecule has 1 unspecified atom stereocenters. The second-order valence-electron chi connectivity index (χ2n) is 8.30. The molecule has 1 N–H and O–H groups in total. The van der Waals surface area contributed by atoms with E-state index in [1.54, 1.807) is 0 Å². The maximum atomic E-state index is 13.6. The van der Waals surface area contributed by atoms with Crippen molar-refractivity contribution in [3.8, 4) is 22.8 Å². The predicted molar refractivity (Wildman–Crippen MR) is 124 cm³/mol. The second kappa shape index (κ2) is 7.67. The molecule has 0 aliphatic carbocycles. The van der Waals surface area contributed by atoms with E-state index >= 15 is 0 Å². The number of halogens is 1. The van der Waals surface area contributed by atoms with Crippen molar-refractivity contribution in [2.75, 3.05) is 6.79 Å². The third-order valence-electron chi connectivity index (χ3n) is 6.16. The number of carbonyl (C=O) groups is 1. The summed E-state index contributed by atoms with van der Waals surface area (Å²) in [5, 5.41) is 8.17. The summed E-state index contributed by atoms with van der Waals surface area (Å²) in [6.45, 7) is 2.70. The molecular formula is C26H20ClN3O3. The van der Waals surface area contributed by atoms with Crippen LogP contribution in [0.25, 0.3) is 11.3 Å². The van der Waals surface area contributed by atoms with Crippen molar-refractivity contribution in [1.29, 1.82) is 0 Å². The molecule has 2 aliphatic heterocycles. The Labute approximate surface area is 195 Å². The largest absolute Gasteiger partial charge is 0.454 e. The summed E-state index contributed by atoms with van der Waals surface area (Å²) < 4.78 is 11.0. The Bertz CT molecular complexity index is 1360. The minimum Gasteiger partial charge on any atom is -0.454 e. The highest BCUT2D eigenvalue weighted by Crippen LogP contribution is 2.44. The number of benzene rings is 3. The van der Waals surface area contributed by atoms with Gasteiger partial charge in [-0.05, 0) is 42.3 Å². The number of rotatable bonds is 4.